The fourth-order valence-electron chi connectivity index (χ4n) is 2.21. The van der Waals surface area contributed by atoms with Crippen LogP contribution in [-0.2, 0) is 24.6 Å². The second-order valence-corrected chi connectivity index (χ2v) is 6.19. The van der Waals surface area contributed by atoms with Gasteiger partial charge >= 0.3 is 11.9 Å². The van der Waals surface area contributed by atoms with Gasteiger partial charge in [-0.25, -0.2) is 14.6 Å². The van der Waals surface area contributed by atoms with Crippen molar-refractivity contribution in [2.75, 3.05) is 19.5 Å². The van der Waals surface area contributed by atoms with Crippen LogP contribution >= 0.6 is 0 Å². The van der Waals surface area contributed by atoms with E-state index in [4.69, 9.17) is 0 Å². The molecule has 1 heterocycles. The van der Waals surface area contributed by atoms with Gasteiger partial charge in [-0.3, -0.25) is 0 Å². The Balaban J connectivity index is 2.36. The van der Waals surface area contributed by atoms with Crippen molar-refractivity contribution in [1.82, 2.24) is 9.55 Å². The first kappa shape index (κ1) is 17.5. The lowest BCUT2D eigenvalue weighted by Crippen LogP contribution is -2.20. The number of carbonyl (C=O) groups excluding carboxylic acids is 2. The van der Waals surface area contributed by atoms with Gasteiger partial charge in [0.1, 0.15) is 5.70 Å². The Labute approximate surface area is 140 Å². The fraction of sp³-hybridized carbons (Fsp3) is 0.353. The summed E-state index contributed by atoms with van der Waals surface area (Å²) in [6.07, 6.45) is 2.82. The number of hydrogen-bond donors (Lipinski definition) is 1. The van der Waals surface area contributed by atoms with E-state index in [1.807, 2.05) is 6.07 Å². The van der Waals surface area contributed by atoms with E-state index in [1.54, 1.807) is 18.5 Å². The predicted molar refractivity (Wildman–Crippen MR) is 90.5 cm³/mol. The Kier molecular flexibility index (Phi) is 4.92. The van der Waals surface area contributed by atoms with E-state index >= 15 is 0 Å². The monoisotopic (exact) mass is 331 g/mol. The number of fused-ring (bicyclic) bond motifs is 1. The molecule has 0 unspecified atom stereocenters. The average molecular weight is 331 g/mol. The molecule has 1 aromatic heterocycles. The quantitative estimate of drug-likeness (QED) is 0.684. The van der Waals surface area contributed by atoms with Crippen molar-refractivity contribution in [2.45, 2.75) is 26.3 Å². The molecule has 24 heavy (non-hydrogen) atoms. The van der Waals surface area contributed by atoms with Crippen LogP contribution in [0.4, 0.5) is 5.69 Å². The molecule has 0 radical (unpaired) electrons. The van der Waals surface area contributed by atoms with E-state index in [-0.39, 0.29) is 11.2 Å². The summed E-state index contributed by atoms with van der Waals surface area (Å²) in [7, 11) is 2.47. The Morgan fingerprint density at radius 3 is 2.50 bits per heavy atom. The van der Waals surface area contributed by atoms with Crippen molar-refractivity contribution in [3.05, 3.63) is 36.3 Å². The van der Waals surface area contributed by atoms with Crippen LogP contribution in [-0.4, -0.2) is 35.7 Å². The SMILES string of the molecule is COC(=O)/C=C(/Nc1ccc2c(c1)ncn2C(C)(C)C)C(=O)OC. The standard InChI is InChI=1S/C17H21N3O4/c1-17(2,3)20-10-18-12-8-11(6-7-14(12)20)19-13(16(22)24-5)9-15(21)23-4/h6-10,19H,1-5H3/b13-9+. The van der Waals surface area contributed by atoms with Gasteiger partial charge in [0.15, 0.2) is 0 Å². The van der Waals surface area contributed by atoms with Gasteiger partial charge in [-0.15, -0.1) is 0 Å². The van der Waals surface area contributed by atoms with Crippen LogP contribution in [0.2, 0.25) is 0 Å². The van der Waals surface area contributed by atoms with E-state index in [9.17, 15) is 9.59 Å². The minimum Gasteiger partial charge on any atom is -0.466 e. The van der Waals surface area contributed by atoms with Crippen molar-refractivity contribution in [3.8, 4) is 0 Å². The molecular formula is C17H21N3O4. The summed E-state index contributed by atoms with van der Waals surface area (Å²) in [5, 5.41) is 2.87. The number of rotatable bonds is 4. The predicted octanol–water partition coefficient (Wildman–Crippen LogP) is 2.43. The van der Waals surface area contributed by atoms with Crippen LogP contribution < -0.4 is 5.32 Å². The maximum atomic E-state index is 11.8. The number of anilines is 1. The zero-order valence-electron chi connectivity index (χ0n) is 14.4. The van der Waals surface area contributed by atoms with E-state index in [2.05, 4.69) is 45.1 Å². The van der Waals surface area contributed by atoms with Gasteiger partial charge in [0.2, 0.25) is 0 Å². The molecule has 0 aliphatic heterocycles. The lowest BCUT2D eigenvalue weighted by atomic mass is 10.1. The minimum absolute atomic E-state index is 0.0149. The summed E-state index contributed by atoms with van der Waals surface area (Å²) in [6, 6.07) is 5.51. The first-order valence-corrected chi connectivity index (χ1v) is 7.39. The summed E-state index contributed by atoms with van der Waals surface area (Å²) in [6.45, 7) is 6.28. The van der Waals surface area contributed by atoms with Gasteiger partial charge in [-0.2, -0.15) is 0 Å². The smallest absolute Gasteiger partial charge is 0.354 e. The highest BCUT2D eigenvalue weighted by molar-refractivity contribution is 5.99. The van der Waals surface area contributed by atoms with Crippen LogP contribution in [0.25, 0.3) is 11.0 Å². The minimum atomic E-state index is -0.666. The van der Waals surface area contributed by atoms with Crippen molar-refractivity contribution in [3.63, 3.8) is 0 Å². The van der Waals surface area contributed by atoms with Crippen molar-refractivity contribution < 1.29 is 19.1 Å². The molecule has 2 rings (SSSR count). The summed E-state index contributed by atoms with van der Waals surface area (Å²) in [4.78, 5) is 27.6. The molecule has 128 valence electrons. The summed E-state index contributed by atoms with van der Waals surface area (Å²) in [5.74, 6) is -1.32. The topological polar surface area (TPSA) is 82.5 Å². The van der Waals surface area contributed by atoms with Gasteiger partial charge in [0, 0.05) is 11.2 Å². The molecule has 0 saturated carbocycles. The number of imidazole rings is 1. The van der Waals surface area contributed by atoms with E-state index in [0.29, 0.717) is 5.69 Å². The van der Waals surface area contributed by atoms with Crippen molar-refractivity contribution >= 4 is 28.7 Å². The average Bonchev–Trinajstić information content (AvgIpc) is 2.96. The highest BCUT2D eigenvalue weighted by Gasteiger charge is 2.17. The molecule has 7 heteroatoms. The first-order valence-electron chi connectivity index (χ1n) is 7.39. The molecule has 2 aromatic rings. The molecule has 0 bridgehead atoms. The third kappa shape index (κ3) is 3.73. The molecule has 0 aliphatic carbocycles. The van der Waals surface area contributed by atoms with Gasteiger partial charge in [0.25, 0.3) is 0 Å². The number of methoxy groups -OCH3 is 2. The second-order valence-electron chi connectivity index (χ2n) is 6.19. The third-order valence-electron chi connectivity index (χ3n) is 3.42. The van der Waals surface area contributed by atoms with Crippen LogP contribution in [0.5, 0.6) is 0 Å². The Morgan fingerprint density at radius 2 is 1.92 bits per heavy atom. The molecule has 0 aliphatic rings. The first-order chi connectivity index (χ1) is 11.3. The normalized spacial score (nSPS) is 12.1. The van der Waals surface area contributed by atoms with Crippen molar-refractivity contribution in [2.24, 2.45) is 0 Å². The van der Waals surface area contributed by atoms with Gasteiger partial charge in [-0.1, -0.05) is 0 Å². The number of benzene rings is 1. The molecule has 0 fully saturated rings. The van der Waals surface area contributed by atoms with Crippen LogP contribution in [0.15, 0.2) is 36.3 Å². The number of hydrogen-bond acceptors (Lipinski definition) is 6. The molecular weight excluding hydrogens is 310 g/mol. The highest BCUT2D eigenvalue weighted by Crippen LogP contribution is 2.24. The Morgan fingerprint density at radius 1 is 1.21 bits per heavy atom. The Bertz CT molecular complexity index is 800. The lowest BCUT2D eigenvalue weighted by Gasteiger charge is -2.21. The molecule has 0 spiro atoms. The van der Waals surface area contributed by atoms with Gasteiger partial charge in [0.05, 0.1) is 37.7 Å². The molecule has 1 aromatic carbocycles. The summed E-state index contributed by atoms with van der Waals surface area (Å²) >= 11 is 0. The molecule has 0 amide bonds. The number of aromatic nitrogens is 2. The zero-order valence-corrected chi connectivity index (χ0v) is 14.4. The zero-order chi connectivity index (χ0) is 17.9. The number of nitrogens with zero attached hydrogens (tertiary/aromatic N) is 2. The van der Waals surface area contributed by atoms with E-state index < -0.39 is 11.9 Å². The number of esters is 2. The second kappa shape index (κ2) is 6.74. The highest BCUT2D eigenvalue weighted by atomic mass is 16.5. The summed E-state index contributed by atoms with van der Waals surface area (Å²) in [5.41, 5.74) is 2.26. The number of carbonyl (C=O) groups is 2. The third-order valence-corrected chi connectivity index (χ3v) is 3.42. The van der Waals surface area contributed by atoms with E-state index in [0.717, 1.165) is 17.1 Å². The van der Waals surface area contributed by atoms with Crippen LogP contribution in [0.3, 0.4) is 0 Å². The largest absolute Gasteiger partial charge is 0.466 e. The van der Waals surface area contributed by atoms with Crippen LogP contribution in [0, 0.1) is 0 Å². The van der Waals surface area contributed by atoms with Gasteiger partial charge in [-0.05, 0) is 39.0 Å². The maximum absolute atomic E-state index is 11.8. The molecule has 7 nitrogen and oxygen atoms in total. The Hall–Kier alpha value is -2.83. The number of ether oxygens (including phenoxy) is 2. The molecule has 0 saturated heterocycles. The lowest BCUT2D eigenvalue weighted by molar-refractivity contribution is -0.138. The molecule has 1 N–H and O–H groups in total. The van der Waals surface area contributed by atoms with Crippen molar-refractivity contribution in [1.29, 1.82) is 0 Å². The maximum Gasteiger partial charge on any atom is 0.354 e. The van der Waals surface area contributed by atoms with E-state index in [1.165, 1.54) is 14.2 Å². The fourth-order valence-corrected chi connectivity index (χ4v) is 2.21. The van der Waals surface area contributed by atoms with Gasteiger partial charge < -0.3 is 19.4 Å². The number of nitrogens with one attached hydrogen (secondary N) is 1. The van der Waals surface area contributed by atoms with Crippen LogP contribution in [0.1, 0.15) is 20.8 Å². The molecule has 0 atom stereocenters. The summed E-state index contributed by atoms with van der Waals surface area (Å²) < 4.78 is 11.3.